The molecule has 21 heavy (non-hydrogen) atoms. The molecule has 4 heteroatoms. The van der Waals surface area contributed by atoms with Gasteiger partial charge in [-0.3, -0.25) is 0 Å². The summed E-state index contributed by atoms with van der Waals surface area (Å²) < 4.78 is 29.2. The Hall–Kier alpha value is -1.32. The highest BCUT2D eigenvalue weighted by Crippen LogP contribution is 2.33. The molecule has 1 aliphatic carbocycles. The number of ether oxygens (including phenoxy) is 1. The van der Waals surface area contributed by atoms with E-state index in [1.54, 1.807) is 12.1 Å². The van der Waals surface area contributed by atoms with Crippen molar-refractivity contribution < 1.29 is 13.5 Å². The van der Waals surface area contributed by atoms with Gasteiger partial charge in [-0.2, -0.15) is 8.78 Å². The summed E-state index contributed by atoms with van der Waals surface area (Å²) in [6.45, 7) is 1.41. The minimum absolute atomic E-state index is 0.226. The lowest BCUT2D eigenvalue weighted by Gasteiger charge is -2.32. The molecule has 118 valence electrons. The maximum atomic E-state index is 12.3. The van der Waals surface area contributed by atoms with Crippen LogP contribution in [0.15, 0.2) is 18.2 Å². The van der Waals surface area contributed by atoms with Gasteiger partial charge in [-0.15, -0.1) is 0 Å². The van der Waals surface area contributed by atoms with Gasteiger partial charge < -0.3 is 9.64 Å². The highest BCUT2D eigenvalue weighted by molar-refractivity contribution is 5.56. The normalized spacial score (nSPS) is 16.7. The third-order valence-corrected chi connectivity index (χ3v) is 4.66. The Bertz CT molecular complexity index is 460. The zero-order chi connectivity index (χ0) is 15.4. The van der Waals surface area contributed by atoms with Crippen molar-refractivity contribution in [3.05, 3.63) is 23.8 Å². The number of alkyl halides is 2. The standard InChI is InChI=1S/C17H25F2NO/c1-12-7-10-15(21-17(18)19)11-16(12)20(3)13(2)8-9-14-5-4-6-14/h7,10-11,13-14,17H,4-6,8-9H2,1-3H3. The number of anilines is 1. The smallest absolute Gasteiger partial charge is 0.387 e. The molecule has 2 nitrogen and oxygen atoms in total. The van der Waals surface area contributed by atoms with Crippen molar-refractivity contribution in [2.45, 2.75) is 58.6 Å². The molecular formula is C17H25F2NO. The predicted octanol–water partition coefficient (Wildman–Crippen LogP) is 5.00. The van der Waals surface area contributed by atoms with Crippen molar-refractivity contribution in [1.29, 1.82) is 0 Å². The van der Waals surface area contributed by atoms with Gasteiger partial charge in [-0.25, -0.2) is 0 Å². The van der Waals surface area contributed by atoms with Crippen LogP contribution in [0.4, 0.5) is 14.5 Å². The molecule has 1 unspecified atom stereocenters. The fourth-order valence-corrected chi connectivity index (χ4v) is 2.83. The number of nitrogens with zero attached hydrogens (tertiary/aromatic N) is 1. The molecule has 0 amide bonds. The molecule has 2 rings (SSSR count). The predicted molar refractivity (Wildman–Crippen MR) is 82.3 cm³/mol. The second kappa shape index (κ2) is 7.10. The maximum Gasteiger partial charge on any atom is 0.387 e. The molecule has 0 heterocycles. The van der Waals surface area contributed by atoms with Crippen molar-refractivity contribution in [3.8, 4) is 5.75 Å². The van der Waals surface area contributed by atoms with Crippen molar-refractivity contribution in [3.63, 3.8) is 0 Å². The third kappa shape index (κ3) is 4.32. The van der Waals surface area contributed by atoms with E-state index < -0.39 is 6.61 Å². The average Bonchev–Trinajstić information content (AvgIpc) is 2.37. The van der Waals surface area contributed by atoms with Crippen LogP contribution >= 0.6 is 0 Å². The summed E-state index contributed by atoms with van der Waals surface area (Å²) in [5.74, 6) is 1.12. The third-order valence-electron chi connectivity index (χ3n) is 4.66. The summed E-state index contributed by atoms with van der Waals surface area (Å²) in [5.41, 5.74) is 2.05. The Morgan fingerprint density at radius 2 is 2.05 bits per heavy atom. The van der Waals surface area contributed by atoms with Crippen LogP contribution in [0.1, 0.15) is 44.6 Å². The van der Waals surface area contributed by atoms with Gasteiger partial charge in [0.1, 0.15) is 5.75 Å². The molecule has 0 spiro atoms. The first kappa shape index (κ1) is 16.1. The Morgan fingerprint density at radius 1 is 1.33 bits per heavy atom. The topological polar surface area (TPSA) is 12.5 Å². The molecule has 0 bridgehead atoms. The molecular weight excluding hydrogens is 272 g/mol. The fourth-order valence-electron chi connectivity index (χ4n) is 2.83. The first-order valence-corrected chi connectivity index (χ1v) is 7.75. The van der Waals surface area contributed by atoms with E-state index in [1.165, 1.54) is 25.7 Å². The molecule has 0 N–H and O–H groups in total. The molecule has 1 atom stereocenters. The lowest BCUT2D eigenvalue weighted by Crippen LogP contribution is -2.30. The molecule has 0 radical (unpaired) electrons. The minimum atomic E-state index is -2.78. The Kier molecular flexibility index (Phi) is 5.43. The average molecular weight is 297 g/mol. The van der Waals surface area contributed by atoms with Gasteiger partial charge in [-0.1, -0.05) is 25.3 Å². The van der Waals surface area contributed by atoms with Crippen molar-refractivity contribution in [1.82, 2.24) is 0 Å². The van der Waals surface area contributed by atoms with Gasteiger partial charge in [-0.05, 0) is 44.2 Å². The van der Waals surface area contributed by atoms with Crippen molar-refractivity contribution >= 4 is 5.69 Å². The van der Waals surface area contributed by atoms with E-state index in [0.717, 1.165) is 23.6 Å². The Labute approximate surface area is 126 Å². The molecule has 0 saturated heterocycles. The molecule has 1 aromatic rings. The van der Waals surface area contributed by atoms with Crippen LogP contribution in [-0.4, -0.2) is 19.7 Å². The summed E-state index contributed by atoms with van der Waals surface area (Å²) in [5, 5.41) is 0. The van der Waals surface area contributed by atoms with Gasteiger partial charge in [0.25, 0.3) is 0 Å². The van der Waals surface area contributed by atoms with Gasteiger partial charge in [0, 0.05) is 24.8 Å². The van der Waals surface area contributed by atoms with Crippen LogP contribution in [0.5, 0.6) is 5.75 Å². The van der Waals surface area contributed by atoms with Gasteiger partial charge in [0.15, 0.2) is 0 Å². The van der Waals surface area contributed by atoms with Gasteiger partial charge >= 0.3 is 6.61 Å². The Balaban J connectivity index is 2.00. The molecule has 0 aromatic heterocycles. The summed E-state index contributed by atoms with van der Waals surface area (Å²) in [7, 11) is 2.03. The van der Waals surface area contributed by atoms with Crippen LogP contribution in [0.2, 0.25) is 0 Å². The largest absolute Gasteiger partial charge is 0.435 e. The van der Waals surface area contributed by atoms with Crippen LogP contribution in [0, 0.1) is 12.8 Å². The molecule has 1 aromatic carbocycles. The van der Waals surface area contributed by atoms with Crippen LogP contribution in [0.3, 0.4) is 0 Å². The van der Waals surface area contributed by atoms with Crippen molar-refractivity contribution in [2.24, 2.45) is 5.92 Å². The monoisotopic (exact) mass is 297 g/mol. The lowest BCUT2D eigenvalue weighted by molar-refractivity contribution is -0.0498. The van der Waals surface area contributed by atoms with E-state index >= 15 is 0 Å². The van der Waals surface area contributed by atoms with E-state index in [1.807, 2.05) is 20.0 Å². The summed E-state index contributed by atoms with van der Waals surface area (Å²) in [4.78, 5) is 2.17. The van der Waals surface area contributed by atoms with E-state index in [4.69, 9.17) is 0 Å². The first-order chi connectivity index (χ1) is 9.97. The fraction of sp³-hybridized carbons (Fsp3) is 0.647. The van der Waals surface area contributed by atoms with Crippen LogP contribution in [-0.2, 0) is 0 Å². The molecule has 0 aliphatic heterocycles. The number of halogens is 2. The lowest BCUT2D eigenvalue weighted by atomic mass is 9.81. The number of aryl methyl sites for hydroxylation is 1. The van der Waals surface area contributed by atoms with Crippen LogP contribution < -0.4 is 9.64 Å². The van der Waals surface area contributed by atoms with E-state index in [2.05, 4.69) is 16.6 Å². The SMILES string of the molecule is Cc1ccc(OC(F)F)cc1N(C)C(C)CCC1CCC1. The zero-order valence-corrected chi connectivity index (χ0v) is 13.1. The number of hydrogen-bond acceptors (Lipinski definition) is 2. The van der Waals surface area contributed by atoms with Gasteiger partial charge in [0.2, 0.25) is 0 Å². The number of rotatable bonds is 7. The zero-order valence-electron chi connectivity index (χ0n) is 13.1. The summed E-state index contributed by atoms with van der Waals surface area (Å²) >= 11 is 0. The van der Waals surface area contributed by atoms with E-state index in [0.29, 0.717) is 6.04 Å². The van der Waals surface area contributed by atoms with Crippen LogP contribution in [0.25, 0.3) is 0 Å². The van der Waals surface area contributed by atoms with Gasteiger partial charge in [0.05, 0.1) is 0 Å². The van der Waals surface area contributed by atoms with E-state index in [-0.39, 0.29) is 5.75 Å². The highest BCUT2D eigenvalue weighted by atomic mass is 19.3. The second-order valence-electron chi connectivity index (χ2n) is 6.16. The highest BCUT2D eigenvalue weighted by Gasteiger charge is 2.20. The van der Waals surface area contributed by atoms with Crippen molar-refractivity contribution in [2.75, 3.05) is 11.9 Å². The minimum Gasteiger partial charge on any atom is -0.435 e. The maximum absolute atomic E-state index is 12.3. The van der Waals surface area contributed by atoms with E-state index in [9.17, 15) is 8.78 Å². The number of benzene rings is 1. The summed E-state index contributed by atoms with van der Waals surface area (Å²) in [6, 6.07) is 5.53. The second-order valence-corrected chi connectivity index (χ2v) is 6.16. The molecule has 1 saturated carbocycles. The summed E-state index contributed by atoms with van der Waals surface area (Å²) in [6.07, 6.45) is 6.51. The first-order valence-electron chi connectivity index (χ1n) is 7.75. The number of hydrogen-bond donors (Lipinski definition) is 0. The molecule has 1 aliphatic rings. The quantitative estimate of drug-likeness (QED) is 0.702. The molecule has 1 fully saturated rings. The Morgan fingerprint density at radius 3 is 2.62 bits per heavy atom.